The molecule has 1 aromatic rings. The maximum atomic E-state index is 5.56. The Kier molecular flexibility index (Phi) is 4.47. The number of hydrogen-bond acceptors (Lipinski definition) is 2. The fourth-order valence-corrected chi connectivity index (χ4v) is 1.26. The average molecular weight is 193 g/mol. The Balaban J connectivity index is 2.68. The van der Waals surface area contributed by atoms with Gasteiger partial charge in [0.15, 0.2) is 0 Å². The van der Waals surface area contributed by atoms with Gasteiger partial charge in [0.05, 0.1) is 6.61 Å². The monoisotopic (exact) mass is 193 g/mol. The van der Waals surface area contributed by atoms with E-state index in [0.29, 0.717) is 6.04 Å². The van der Waals surface area contributed by atoms with Crippen LogP contribution in [0.1, 0.15) is 31.9 Å². The molecule has 0 heterocycles. The number of rotatable bonds is 5. The molecular weight excluding hydrogens is 174 g/mol. The highest BCUT2D eigenvalue weighted by molar-refractivity contribution is 5.30. The summed E-state index contributed by atoms with van der Waals surface area (Å²) in [7, 11) is 1.96. The number of benzene rings is 1. The van der Waals surface area contributed by atoms with Crippen molar-refractivity contribution < 1.29 is 4.74 Å². The van der Waals surface area contributed by atoms with E-state index >= 15 is 0 Å². The van der Waals surface area contributed by atoms with Crippen LogP contribution in [0.5, 0.6) is 5.75 Å². The molecule has 2 nitrogen and oxygen atoms in total. The third kappa shape index (κ3) is 3.04. The summed E-state index contributed by atoms with van der Waals surface area (Å²) in [5, 5.41) is 3.21. The highest BCUT2D eigenvalue weighted by Gasteiger charge is 2.02. The number of hydrogen-bond donors (Lipinski definition) is 1. The first-order valence-corrected chi connectivity index (χ1v) is 5.18. The summed E-state index contributed by atoms with van der Waals surface area (Å²) < 4.78 is 5.56. The Labute approximate surface area is 86.3 Å². The molecule has 0 aliphatic carbocycles. The molecule has 78 valence electrons. The molecule has 1 atom stereocenters. The molecule has 0 radical (unpaired) electrons. The standard InChI is InChI=1S/C12H19NO/c1-4-8-14-12-7-5-6-11(9-12)10(2)13-3/h5-7,9-10,13H,4,8H2,1-3H3. The first-order valence-electron chi connectivity index (χ1n) is 5.18. The van der Waals surface area contributed by atoms with E-state index in [1.54, 1.807) is 0 Å². The van der Waals surface area contributed by atoms with E-state index in [1.807, 2.05) is 19.2 Å². The maximum Gasteiger partial charge on any atom is 0.119 e. The minimum atomic E-state index is 0.375. The van der Waals surface area contributed by atoms with E-state index in [4.69, 9.17) is 4.74 Å². The fourth-order valence-electron chi connectivity index (χ4n) is 1.26. The van der Waals surface area contributed by atoms with Gasteiger partial charge in [0, 0.05) is 6.04 Å². The van der Waals surface area contributed by atoms with E-state index in [9.17, 15) is 0 Å². The van der Waals surface area contributed by atoms with Gasteiger partial charge in [-0.2, -0.15) is 0 Å². The number of nitrogens with one attached hydrogen (secondary N) is 1. The minimum Gasteiger partial charge on any atom is -0.494 e. The molecule has 1 unspecified atom stereocenters. The highest BCUT2D eigenvalue weighted by atomic mass is 16.5. The normalized spacial score (nSPS) is 12.5. The Morgan fingerprint density at radius 3 is 2.86 bits per heavy atom. The van der Waals surface area contributed by atoms with Gasteiger partial charge in [0.1, 0.15) is 5.75 Å². The van der Waals surface area contributed by atoms with E-state index in [0.717, 1.165) is 18.8 Å². The van der Waals surface area contributed by atoms with Crippen LogP contribution in [0.4, 0.5) is 0 Å². The fraction of sp³-hybridized carbons (Fsp3) is 0.500. The minimum absolute atomic E-state index is 0.375. The second-order valence-electron chi connectivity index (χ2n) is 3.43. The van der Waals surface area contributed by atoms with Gasteiger partial charge in [0.25, 0.3) is 0 Å². The molecule has 2 heteroatoms. The van der Waals surface area contributed by atoms with Crippen molar-refractivity contribution in [1.29, 1.82) is 0 Å². The van der Waals surface area contributed by atoms with Crippen LogP contribution in [0.2, 0.25) is 0 Å². The lowest BCUT2D eigenvalue weighted by Crippen LogP contribution is -2.12. The van der Waals surface area contributed by atoms with Crippen molar-refractivity contribution in [3.8, 4) is 5.75 Å². The van der Waals surface area contributed by atoms with Crippen molar-refractivity contribution >= 4 is 0 Å². The molecule has 0 saturated heterocycles. The lowest BCUT2D eigenvalue weighted by Gasteiger charge is -2.12. The van der Waals surface area contributed by atoms with Crippen LogP contribution >= 0.6 is 0 Å². The Morgan fingerprint density at radius 1 is 1.43 bits per heavy atom. The second-order valence-corrected chi connectivity index (χ2v) is 3.43. The van der Waals surface area contributed by atoms with Crippen molar-refractivity contribution in [2.24, 2.45) is 0 Å². The van der Waals surface area contributed by atoms with Gasteiger partial charge in [-0.05, 0) is 38.1 Å². The topological polar surface area (TPSA) is 21.3 Å². The molecule has 1 N–H and O–H groups in total. The predicted octanol–water partition coefficient (Wildman–Crippen LogP) is 2.76. The van der Waals surface area contributed by atoms with Crippen LogP contribution in [0.15, 0.2) is 24.3 Å². The second kappa shape index (κ2) is 5.66. The van der Waals surface area contributed by atoms with Crippen LogP contribution in [0, 0.1) is 0 Å². The summed E-state index contributed by atoms with van der Waals surface area (Å²) in [6.07, 6.45) is 1.05. The molecule has 1 aromatic carbocycles. The van der Waals surface area contributed by atoms with Crippen molar-refractivity contribution in [3.05, 3.63) is 29.8 Å². The van der Waals surface area contributed by atoms with Crippen molar-refractivity contribution in [2.75, 3.05) is 13.7 Å². The molecule has 0 saturated carbocycles. The molecule has 0 aliphatic heterocycles. The SMILES string of the molecule is CCCOc1cccc(C(C)NC)c1. The van der Waals surface area contributed by atoms with Crippen molar-refractivity contribution in [2.45, 2.75) is 26.3 Å². The Hall–Kier alpha value is -1.02. The maximum absolute atomic E-state index is 5.56. The zero-order valence-corrected chi connectivity index (χ0v) is 9.21. The summed E-state index contributed by atoms with van der Waals surface area (Å²) >= 11 is 0. The zero-order chi connectivity index (χ0) is 10.4. The summed E-state index contributed by atoms with van der Waals surface area (Å²) in [4.78, 5) is 0. The van der Waals surface area contributed by atoms with Gasteiger partial charge in [-0.1, -0.05) is 19.1 Å². The van der Waals surface area contributed by atoms with E-state index in [1.165, 1.54) is 5.56 Å². The largest absolute Gasteiger partial charge is 0.494 e. The zero-order valence-electron chi connectivity index (χ0n) is 9.21. The van der Waals surface area contributed by atoms with Gasteiger partial charge >= 0.3 is 0 Å². The third-order valence-corrected chi connectivity index (χ3v) is 2.26. The first kappa shape index (κ1) is 11.1. The van der Waals surface area contributed by atoms with Crippen LogP contribution < -0.4 is 10.1 Å². The van der Waals surface area contributed by atoms with Gasteiger partial charge in [0.2, 0.25) is 0 Å². The van der Waals surface area contributed by atoms with Crippen molar-refractivity contribution in [1.82, 2.24) is 5.32 Å². The third-order valence-electron chi connectivity index (χ3n) is 2.26. The van der Waals surface area contributed by atoms with Crippen molar-refractivity contribution in [3.63, 3.8) is 0 Å². The summed E-state index contributed by atoms with van der Waals surface area (Å²) in [5.41, 5.74) is 1.26. The van der Waals surface area contributed by atoms with E-state index in [2.05, 4.69) is 31.3 Å². The molecule has 0 bridgehead atoms. The quantitative estimate of drug-likeness (QED) is 0.776. The molecular formula is C12H19NO. The Morgan fingerprint density at radius 2 is 2.21 bits per heavy atom. The average Bonchev–Trinajstić information content (AvgIpc) is 2.25. The van der Waals surface area contributed by atoms with Crippen LogP contribution in [-0.2, 0) is 0 Å². The summed E-state index contributed by atoms with van der Waals surface area (Å²) in [6, 6.07) is 8.62. The summed E-state index contributed by atoms with van der Waals surface area (Å²) in [5.74, 6) is 0.964. The van der Waals surface area contributed by atoms with E-state index < -0.39 is 0 Å². The predicted molar refractivity (Wildman–Crippen MR) is 59.7 cm³/mol. The van der Waals surface area contributed by atoms with Crippen LogP contribution in [0.25, 0.3) is 0 Å². The molecule has 0 aromatic heterocycles. The van der Waals surface area contributed by atoms with Gasteiger partial charge < -0.3 is 10.1 Å². The van der Waals surface area contributed by atoms with E-state index in [-0.39, 0.29) is 0 Å². The Bertz CT molecular complexity index is 273. The number of ether oxygens (including phenoxy) is 1. The smallest absolute Gasteiger partial charge is 0.119 e. The van der Waals surface area contributed by atoms with Gasteiger partial charge in [-0.15, -0.1) is 0 Å². The molecule has 0 amide bonds. The van der Waals surface area contributed by atoms with Crippen LogP contribution in [0.3, 0.4) is 0 Å². The highest BCUT2D eigenvalue weighted by Crippen LogP contribution is 2.18. The summed E-state index contributed by atoms with van der Waals surface area (Å²) in [6.45, 7) is 5.04. The molecule has 1 rings (SSSR count). The molecule has 0 fully saturated rings. The van der Waals surface area contributed by atoms with Gasteiger partial charge in [-0.3, -0.25) is 0 Å². The first-order chi connectivity index (χ1) is 6.77. The lowest BCUT2D eigenvalue weighted by atomic mass is 10.1. The lowest BCUT2D eigenvalue weighted by molar-refractivity contribution is 0.317. The van der Waals surface area contributed by atoms with Crippen LogP contribution in [-0.4, -0.2) is 13.7 Å². The van der Waals surface area contributed by atoms with Gasteiger partial charge in [-0.25, -0.2) is 0 Å². The molecule has 0 aliphatic rings. The molecule has 14 heavy (non-hydrogen) atoms. The molecule has 0 spiro atoms.